The first-order valence-corrected chi connectivity index (χ1v) is 8.39. The molecule has 1 aromatic heterocycles. The van der Waals surface area contributed by atoms with Gasteiger partial charge in [0.05, 0.1) is 15.7 Å². The summed E-state index contributed by atoms with van der Waals surface area (Å²) in [7, 11) is 0. The van der Waals surface area contributed by atoms with Gasteiger partial charge in [-0.3, -0.25) is 4.79 Å². The molecule has 2 aromatic rings. The topological polar surface area (TPSA) is 59.0 Å². The van der Waals surface area contributed by atoms with E-state index in [4.69, 9.17) is 23.2 Å². The number of nitrogens with one attached hydrogen (secondary N) is 2. The molecular formula is C16H19Cl3N4O. The lowest BCUT2D eigenvalue weighted by Gasteiger charge is -2.08. The third kappa shape index (κ3) is 4.63. The maximum absolute atomic E-state index is 12.1. The molecule has 130 valence electrons. The Labute approximate surface area is 157 Å². The number of hydrogen-bond acceptors (Lipinski definition) is 3. The summed E-state index contributed by atoms with van der Waals surface area (Å²) in [5.41, 5.74) is 1.15. The van der Waals surface area contributed by atoms with E-state index in [9.17, 15) is 4.79 Å². The van der Waals surface area contributed by atoms with Crippen molar-refractivity contribution in [3.63, 3.8) is 0 Å². The molecule has 1 saturated heterocycles. The van der Waals surface area contributed by atoms with Crippen LogP contribution >= 0.6 is 35.6 Å². The van der Waals surface area contributed by atoms with Crippen molar-refractivity contribution >= 4 is 41.5 Å². The molecule has 2 heterocycles. The van der Waals surface area contributed by atoms with Crippen molar-refractivity contribution in [3.05, 3.63) is 46.2 Å². The summed E-state index contributed by atoms with van der Waals surface area (Å²) in [5, 5.41) is 11.5. The average Bonchev–Trinajstić information content (AvgIpc) is 3.21. The van der Waals surface area contributed by atoms with Crippen molar-refractivity contribution in [2.45, 2.75) is 12.8 Å². The lowest BCUT2D eigenvalue weighted by Crippen LogP contribution is -2.26. The van der Waals surface area contributed by atoms with Crippen LogP contribution < -0.4 is 10.6 Å². The van der Waals surface area contributed by atoms with Crippen LogP contribution in [-0.2, 0) is 0 Å². The van der Waals surface area contributed by atoms with E-state index >= 15 is 0 Å². The Morgan fingerprint density at radius 1 is 1.33 bits per heavy atom. The highest BCUT2D eigenvalue weighted by atomic mass is 35.5. The van der Waals surface area contributed by atoms with E-state index in [1.54, 1.807) is 35.1 Å². The van der Waals surface area contributed by atoms with E-state index in [0.717, 1.165) is 25.2 Å². The van der Waals surface area contributed by atoms with Gasteiger partial charge in [0.15, 0.2) is 5.69 Å². The highest BCUT2D eigenvalue weighted by Crippen LogP contribution is 2.24. The smallest absolute Gasteiger partial charge is 0.271 e. The highest BCUT2D eigenvalue weighted by Gasteiger charge is 2.15. The number of hydrogen-bond donors (Lipinski definition) is 2. The van der Waals surface area contributed by atoms with E-state index in [1.165, 1.54) is 6.42 Å². The van der Waals surface area contributed by atoms with Gasteiger partial charge < -0.3 is 10.6 Å². The predicted octanol–water partition coefficient (Wildman–Crippen LogP) is 3.33. The zero-order chi connectivity index (χ0) is 16.2. The zero-order valence-electron chi connectivity index (χ0n) is 13.0. The fourth-order valence-corrected chi connectivity index (χ4v) is 2.95. The monoisotopic (exact) mass is 388 g/mol. The van der Waals surface area contributed by atoms with Crippen molar-refractivity contribution in [1.29, 1.82) is 0 Å². The third-order valence-electron chi connectivity index (χ3n) is 3.99. The largest absolute Gasteiger partial charge is 0.351 e. The van der Waals surface area contributed by atoms with E-state index < -0.39 is 0 Å². The summed E-state index contributed by atoms with van der Waals surface area (Å²) < 4.78 is 1.61. The summed E-state index contributed by atoms with van der Waals surface area (Å²) in [6.07, 6.45) is 3.91. The van der Waals surface area contributed by atoms with Crippen molar-refractivity contribution in [3.8, 4) is 5.69 Å². The molecule has 24 heavy (non-hydrogen) atoms. The standard InChI is InChI=1S/C16H18Cl2N4O.ClH/c17-13-2-1-12(9-14(13)18)22-8-5-15(21-22)16(23)20-7-4-11-3-6-19-10-11;/h1-2,5,8-9,11,19H,3-4,6-7,10H2,(H,20,23);1H. The van der Waals surface area contributed by atoms with E-state index in [1.807, 2.05) is 0 Å². The van der Waals surface area contributed by atoms with Crippen molar-refractivity contribution in [1.82, 2.24) is 20.4 Å². The summed E-state index contributed by atoms with van der Waals surface area (Å²) in [4.78, 5) is 12.1. The Morgan fingerprint density at radius 2 is 2.17 bits per heavy atom. The molecule has 1 aliphatic heterocycles. The molecule has 1 aliphatic rings. The first kappa shape index (κ1) is 19.1. The lowest BCUT2D eigenvalue weighted by atomic mass is 10.1. The van der Waals surface area contributed by atoms with Crippen molar-refractivity contribution < 1.29 is 4.79 Å². The van der Waals surface area contributed by atoms with Crippen LogP contribution in [-0.4, -0.2) is 35.3 Å². The molecule has 3 rings (SSSR count). The Hall–Kier alpha value is -1.27. The lowest BCUT2D eigenvalue weighted by molar-refractivity contribution is 0.0946. The van der Waals surface area contributed by atoms with Gasteiger partial charge in [0, 0.05) is 12.7 Å². The van der Waals surface area contributed by atoms with Crippen LogP contribution in [0.5, 0.6) is 0 Å². The number of rotatable bonds is 5. The molecule has 5 nitrogen and oxygen atoms in total. The normalized spacial score (nSPS) is 16.7. The van der Waals surface area contributed by atoms with Crippen LogP contribution in [0.3, 0.4) is 0 Å². The molecule has 0 radical (unpaired) electrons. The molecule has 0 aliphatic carbocycles. The summed E-state index contributed by atoms with van der Waals surface area (Å²) >= 11 is 11.9. The second kappa shape index (κ2) is 8.72. The number of carbonyl (C=O) groups excluding carboxylic acids is 1. The van der Waals surface area contributed by atoms with Crippen LogP contribution in [0.2, 0.25) is 10.0 Å². The van der Waals surface area contributed by atoms with Gasteiger partial charge >= 0.3 is 0 Å². The molecule has 0 saturated carbocycles. The number of benzene rings is 1. The molecule has 8 heteroatoms. The minimum absolute atomic E-state index is 0. The minimum Gasteiger partial charge on any atom is -0.351 e. The Morgan fingerprint density at radius 3 is 2.88 bits per heavy atom. The van der Waals surface area contributed by atoms with Crippen LogP contribution in [0.25, 0.3) is 5.69 Å². The summed E-state index contributed by atoms with van der Waals surface area (Å²) in [6.45, 7) is 2.79. The minimum atomic E-state index is -0.158. The van der Waals surface area contributed by atoms with Crippen LogP contribution in [0.1, 0.15) is 23.3 Å². The van der Waals surface area contributed by atoms with Gasteiger partial charge in [-0.25, -0.2) is 4.68 Å². The number of carbonyl (C=O) groups is 1. The third-order valence-corrected chi connectivity index (χ3v) is 4.73. The molecule has 1 fully saturated rings. The van der Waals surface area contributed by atoms with Gasteiger partial charge in [-0.2, -0.15) is 5.10 Å². The number of halogens is 3. The Kier molecular flexibility index (Phi) is 6.92. The maximum atomic E-state index is 12.1. The molecular weight excluding hydrogens is 371 g/mol. The van der Waals surface area contributed by atoms with Gasteiger partial charge in [-0.15, -0.1) is 12.4 Å². The fraction of sp³-hybridized carbons (Fsp3) is 0.375. The second-order valence-electron chi connectivity index (χ2n) is 5.65. The van der Waals surface area contributed by atoms with Crippen LogP contribution in [0.15, 0.2) is 30.5 Å². The molecule has 0 spiro atoms. The zero-order valence-corrected chi connectivity index (χ0v) is 15.3. The SMILES string of the molecule is Cl.O=C(NCCC1CCNC1)c1ccn(-c2ccc(Cl)c(Cl)c2)n1. The number of aromatic nitrogens is 2. The molecule has 1 aromatic carbocycles. The fourth-order valence-electron chi connectivity index (χ4n) is 2.66. The predicted molar refractivity (Wildman–Crippen MR) is 98.8 cm³/mol. The average molecular weight is 390 g/mol. The maximum Gasteiger partial charge on any atom is 0.271 e. The molecule has 1 unspecified atom stereocenters. The van der Waals surface area contributed by atoms with Crippen LogP contribution in [0.4, 0.5) is 0 Å². The van der Waals surface area contributed by atoms with Crippen molar-refractivity contribution in [2.24, 2.45) is 5.92 Å². The van der Waals surface area contributed by atoms with Gasteiger partial charge in [-0.1, -0.05) is 23.2 Å². The van der Waals surface area contributed by atoms with Gasteiger partial charge in [-0.05, 0) is 56.1 Å². The molecule has 0 bridgehead atoms. The van der Waals surface area contributed by atoms with Gasteiger partial charge in [0.25, 0.3) is 5.91 Å². The van der Waals surface area contributed by atoms with E-state index in [-0.39, 0.29) is 18.3 Å². The van der Waals surface area contributed by atoms with E-state index in [0.29, 0.717) is 28.2 Å². The summed E-state index contributed by atoms with van der Waals surface area (Å²) in [6, 6.07) is 6.91. The van der Waals surface area contributed by atoms with Crippen LogP contribution in [0, 0.1) is 5.92 Å². The summed E-state index contributed by atoms with van der Waals surface area (Å²) in [5.74, 6) is 0.499. The first-order chi connectivity index (χ1) is 11.1. The van der Waals surface area contributed by atoms with Gasteiger partial charge in [0.2, 0.25) is 0 Å². The van der Waals surface area contributed by atoms with E-state index in [2.05, 4.69) is 15.7 Å². The highest BCUT2D eigenvalue weighted by molar-refractivity contribution is 6.42. The second-order valence-corrected chi connectivity index (χ2v) is 6.46. The molecule has 1 atom stereocenters. The quantitative estimate of drug-likeness (QED) is 0.824. The van der Waals surface area contributed by atoms with Gasteiger partial charge in [0.1, 0.15) is 0 Å². The Balaban J connectivity index is 0.00000208. The number of nitrogens with zero attached hydrogens (tertiary/aromatic N) is 2. The van der Waals surface area contributed by atoms with Crippen molar-refractivity contribution in [2.75, 3.05) is 19.6 Å². The Bertz CT molecular complexity index is 698. The first-order valence-electron chi connectivity index (χ1n) is 7.63. The molecule has 1 amide bonds. The molecule has 2 N–H and O–H groups in total. The number of amides is 1.